The van der Waals surface area contributed by atoms with Gasteiger partial charge in [0.2, 0.25) is 15.9 Å². The van der Waals surface area contributed by atoms with E-state index in [9.17, 15) is 13.2 Å². The third kappa shape index (κ3) is 4.40. The number of sulfonamides is 1. The summed E-state index contributed by atoms with van der Waals surface area (Å²) >= 11 is 0. The number of aryl methyl sites for hydroxylation is 2. The van der Waals surface area contributed by atoms with Crippen molar-refractivity contribution in [2.24, 2.45) is 0 Å². The van der Waals surface area contributed by atoms with Gasteiger partial charge >= 0.3 is 0 Å². The van der Waals surface area contributed by atoms with Gasteiger partial charge in [0.25, 0.3) is 0 Å². The molecule has 7 nitrogen and oxygen atoms in total. The molecular formula is C19H22N2O5S. The number of fused-ring (bicyclic) bond motifs is 1. The maximum Gasteiger partial charge on any atom is 0.241 e. The van der Waals surface area contributed by atoms with Gasteiger partial charge in [-0.05, 0) is 36.6 Å². The third-order valence-electron chi connectivity index (χ3n) is 4.25. The van der Waals surface area contributed by atoms with Crippen molar-refractivity contribution in [2.45, 2.75) is 25.2 Å². The van der Waals surface area contributed by atoms with Crippen LogP contribution in [0.4, 0.5) is 5.69 Å². The van der Waals surface area contributed by atoms with E-state index >= 15 is 0 Å². The lowest BCUT2D eigenvalue weighted by Crippen LogP contribution is -2.33. The van der Waals surface area contributed by atoms with Crippen LogP contribution in [-0.2, 0) is 21.2 Å². The lowest BCUT2D eigenvalue weighted by Gasteiger charge is -2.19. The number of amides is 1. The number of carbonyl (C=O) groups excluding carboxylic acids is 1. The van der Waals surface area contributed by atoms with E-state index in [1.807, 2.05) is 32.0 Å². The summed E-state index contributed by atoms with van der Waals surface area (Å²) in [5.41, 5.74) is 2.65. The second-order valence-electron chi connectivity index (χ2n) is 6.14. The van der Waals surface area contributed by atoms with E-state index in [4.69, 9.17) is 9.47 Å². The summed E-state index contributed by atoms with van der Waals surface area (Å²) in [5, 5.41) is 2.79. The predicted molar refractivity (Wildman–Crippen MR) is 102 cm³/mol. The second kappa shape index (κ2) is 7.98. The number of benzene rings is 2. The molecule has 0 aliphatic carbocycles. The van der Waals surface area contributed by atoms with E-state index in [2.05, 4.69) is 10.0 Å². The number of rotatable bonds is 6. The average molecular weight is 390 g/mol. The van der Waals surface area contributed by atoms with Crippen LogP contribution in [0.5, 0.6) is 11.5 Å². The summed E-state index contributed by atoms with van der Waals surface area (Å²) in [6.07, 6.45) is 0.764. The molecule has 0 radical (unpaired) electrons. The van der Waals surface area contributed by atoms with Gasteiger partial charge < -0.3 is 14.8 Å². The van der Waals surface area contributed by atoms with Crippen LogP contribution in [0, 0.1) is 6.92 Å². The topological polar surface area (TPSA) is 93.7 Å². The van der Waals surface area contributed by atoms with Crippen molar-refractivity contribution >= 4 is 21.6 Å². The zero-order chi connectivity index (χ0) is 19.4. The normalized spacial score (nSPS) is 13.3. The summed E-state index contributed by atoms with van der Waals surface area (Å²) in [6.45, 7) is 4.32. The van der Waals surface area contributed by atoms with Crippen LogP contribution in [-0.4, -0.2) is 34.1 Å². The molecule has 0 aromatic heterocycles. The van der Waals surface area contributed by atoms with E-state index in [1.165, 1.54) is 12.1 Å². The largest absolute Gasteiger partial charge is 0.486 e. The van der Waals surface area contributed by atoms with E-state index in [0.717, 1.165) is 23.2 Å². The standard InChI is InChI=1S/C19H22N2O5S/c1-3-14-6-4-5-13(2)19(14)21-18(22)12-20-27(23,24)15-7-8-16-17(11-15)26-10-9-25-16/h4-8,11,20H,3,9-10,12H2,1-2H3,(H,21,22). The molecule has 27 heavy (non-hydrogen) atoms. The molecule has 8 heteroatoms. The van der Waals surface area contributed by atoms with E-state index < -0.39 is 15.9 Å². The van der Waals surface area contributed by atoms with Gasteiger partial charge in [0, 0.05) is 11.8 Å². The molecule has 1 aliphatic heterocycles. The first-order valence-electron chi connectivity index (χ1n) is 8.68. The van der Waals surface area contributed by atoms with E-state index in [-0.39, 0.29) is 11.4 Å². The lowest BCUT2D eigenvalue weighted by atomic mass is 10.1. The number of ether oxygens (including phenoxy) is 2. The van der Waals surface area contributed by atoms with Gasteiger partial charge in [0.15, 0.2) is 11.5 Å². The monoisotopic (exact) mass is 390 g/mol. The second-order valence-corrected chi connectivity index (χ2v) is 7.91. The van der Waals surface area contributed by atoms with Crippen molar-refractivity contribution in [1.82, 2.24) is 4.72 Å². The highest BCUT2D eigenvalue weighted by Gasteiger charge is 2.20. The fourth-order valence-corrected chi connectivity index (χ4v) is 3.82. The molecule has 144 valence electrons. The zero-order valence-electron chi connectivity index (χ0n) is 15.2. The van der Waals surface area contributed by atoms with Crippen LogP contribution < -0.4 is 19.5 Å². The van der Waals surface area contributed by atoms with Gasteiger partial charge in [0.05, 0.1) is 11.4 Å². The molecule has 3 rings (SSSR count). The highest BCUT2D eigenvalue weighted by atomic mass is 32.2. The minimum atomic E-state index is -3.85. The maximum atomic E-state index is 12.5. The molecular weight excluding hydrogens is 368 g/mol. The number of hydrogen-bond acceptors (Lipinski definition) is 5. The Hall–Kier alpha value is -2.58. The Bertz CT molecular complexity index is 957. The number of hydrogen-bond donors (Lipinski definition) is 2. The molecule has 0 saturated carbocycles. The SMILES string of the molecule is CCc1cccc(C)c1NC(=O)CNS(=O)(=O)c1ccc2c(c1)OCCO2. The van der Waals surface area contributed by atoms with Crippen molar-refractivity contribution in [3.05, 3.63) is 47.5 Å². The minimum absolute atomic E-state index is 0.0182. The minimum Gasteiger partial charge on any atom is -0.486 e. The van der Waals surface area contributed by atoms with Gasteiger partial charge in [0.1, 0.15) is 13.2 Å². The van der Waals surface area contributed by atoms with E-state index in [1.54, 1.807) is 6.07 Å². The summed E-state index contributed by atoms with van der Waals surface area (Å²) in [7, 11) is -3.85. The summed E-state index contributed by atoms with van der Waals surface area (Å²) < 4.78 is 38.1. The smallest absolute Gasteiger partial charge is 0.241 e. The molecule has 1 heterocycles. The molecule has 2 aromatic rings. The Morgan fingerprint density at radius 3 is 2.59 bits per heavy atom. The number of nitrogens with one attached hydrogen (secondary N) is 2. The number of anilines is 1. The Labute approximate surface area is 158 Å². The van der Waals surface area contributed by atoms with Crippen LogP contribution in [0.15, 0.2) is 41.3 Å². The fourth-order valence-electron chi connectivity index (χ4n) is 2.82. The first-order valence-corrected chi connectivity index (χ1v) is 10.2. The Morgan fingerprint density at radius 2 is 1.85 bits per heavy atom. The van der Waals surface area contributed by atoms with Crippen molar-refractivity contribution in [3.63, 3.8) is 0 Å². The number of para-hydroxylation sites is 1. The fraction of sp³-hybridized carbons (Fsp3) is 0.316. The van der Waals surface area contributed by atoms with Crippen molar-refractivity contribution in [2.75, 3.05) is 25.1 Å². The highest BCUT2D eigenvalue weighted by molar-refractivity contribution is 7.89. The maximum absolute atomic E-state index is 12.5. The summed E-state index contributed by atoms with van der Waals surface area (Å²) in [4.78, 5) is 12.3. The third-order valence-corrected chi connectivity index (χ3v) is 5.65. The van der Waals surface area contributed by atoms with Crippen molar-refractivity contribution in [3.8, 4) is 11.5 Å². The van der Waals surface area contributed by atoms with Crippen LogP contribution in [0.2, 0.25) is 0 Å². The molecule has 2 aromatic carbocycles. The van der Waals surface area contributed by atoms with Gasteiger partial charge in [-0.1, -0.05) is 25.1 Å². The Balaban J connectivity index is 1.68. The Morgan fingerprint density at radius 1 is 1.11 bits per heavy atom. The van der Waals surface area contributed by atoms with Gasteiger partial charge in [-0.2, -0.15) is 0 Å². The molecule has 0 atom stereocenters. The molecule has 2 N–H and O–H groups in total. The van der Waals surface area contributed by atoms with Crippen LogP contribution >= 0.6 is 0 Å². The van der Waals surface area contributed by atoms with E-state index in [0.29, 0.717) is 24.7 Å². The molecule has 0 fully saturated rings. The van der Waals surface area contributed by atoms with Gasteiger partial charge in [-0.3, -0.25) is 4.79 Å². The number of carbonyl (C=O) groups is 1. The Kier molecular flexibility index (Phi) is 5.67. The predicted octanol–water partition coefficient (Wildman–Crippen LogP) is 2.25. The van der Waals surface area contributed by atoms with Crippen molar-refractivity contribution in [1.29, 1.82) is 0 Å². The molecule has 1 amide bonds. The summed E-state index contributed by atoms with van der Waals surface area (Å²) in [5.74, 6) is 0.450. The molecule has 0 saturated heterocycles. The zero-order valence-corrected chi connectivity index (χ0v) is 16.1. The quantitative estimate of drug-likeness (QED) is 0.789. The first kappa shape index (κ1) is 19.2. The van der Waals surface area contributed by atoms with Crippen LogP contribution in [0.25, 0.3) is 0 Å². The molecule has 0 spiro atoms. The van der Waals surface area contributed by atoms with Gasteiger partial charge in [-0.25, -0.2) is 13.1 Å². The first-order chi connectivity index (χ1) is 12.9. The highest BCUT2D eigenvalue weighted by Crippen LogP contribution is 2.32. The lowest BCUT2D eigenvalue weighted by molar-refractivity contribution is -0.115. The van der Waals surface area contributed by atoms with Crippen molar-refractivity contribution < 1.29 is 22.7 Å². The average Bonchev–Trinajstić information content (AvgIpc) is 2.67. The van der Waals surface area contributed by atoms with Gasteiger partial charge in [-0.15, -0.1) is 0 Å². The summed E-state index contributed by atoms with van der Waals surface area (Å²) in [6, 6.07) is 10.1. The molecule has 0 unspecified atom stereocenters. The van der Waals surface area contributed by atoms with Crippen LogP contribution in [0.3, 0.4) is 0 Å². The van der Waals surface area contributed by atoms with Crippen LogP contribution in [0.1, 0.15) is 18.1 Å². The molecule has 1 aliphatic rings. The molecule has 0 bridgehead atoms.